The van der Waals surface area contributed by atoms with Crippen molar-refractivity contribution >= 4 is 17.1 Å². The van der Waals surface area contributed by atoms with Crippen LogP contribution < -0.4 is 5.32 Å². The fourth-order valence-electron chi connectivity index (χ4n) is 2.12. The van der Waals surface area contributed by atoms with Gasteiger partial charge in [0.2, 0.25) is 0 Å². The Morgan fingerprint density at radius 3 is 3.06 bits per heavy atom. The van der Waals surface area contributed by atoms with Crippen molar-refractivity contribution in [2.24, 2.45) is 0 Å². The number of rotatable bonds is 3. The molecule has 1 aliphatic rings. The molecule has 0 aliphatic heterocycles. The molecule has 3 rings (SSSR count). The predicted octanol–water partition coefficient (Wildman–Crippen LogP) is 2.58. The summed E-state index contributed by atoms with van der Waals surface area (Å²) in [5.74, 6) is 1.80. The average Bonchev–Trinajstić information content (AvgIpc) is 3.04. The van der Waals surface area contributed by atoms with Crippen molar-refractivity contribution in [3.05, 3.63) is 34.9 Å². The highest BCUT2D eigenvalue weighted by atomic mass is 35.5. The normalized spacial score (nSPS) is 15.9. The Hall–Kier alpha value is -1.06. The summed E-state index contributed by atoms with van der Waals surface area (Å²) in [6.45, 7) is 0.764. The molecule has 1 aliphatic carbocycles. The Kier molecular flexibility index (Phi) is 2.37. The van der Waals surface area contributed by atoms with Crippen LogP contribution in [0, 0.1) is 0 Å². The number of hydrogen-bond donors (Lipinski definition) is 1. The number of aromatic nitrogens is 2. The van der Waals surface area contributed by atoms with Gasteiger partial charge in [0.05, 0.1) is 16.2 Å². The molecule has 0 atom stereocenters. The molecule has 2 heterocycles. The number of nitrogens with zero attached hydrogens (tertiary/aromatic N) is 2. The summed E-state index contributed by atoms with van der Waals surface area (Å²) in [6, 6.07) is 3.90. The maximum Gasteiger partial charge on any atom is 0.116 e. The molecular formula is C12H14ClN3. The van der Waals surface area contributed by atoms with E-state index in [1.54, 1.807) is 0 Å². The molecule has 0 amide bonds. The van der Waals surface area contributed by atoms with E-state index in [0.29, 0.717) is 5.92 Å². The zero-order chi connectivity index (χ0) is 11.1. The van der Waals surface area contributed by atoms with Crippen molar-refractivity contribution in [1.82, 2.24) is 14.7 Å². The summed E-state index contributed by atoms with van der Waals surface area (Å²) < 4.78 is 2.15. The van der Waals surface area contributed by atoms with Crippen LogP contribution in [0.4, 0.5) is 0 Å². The molecule has 1 fully saturated rings. The molecule has 0 radical (unpaired) electrons. The molecule has 1 N–H and O–H groups in total. The zero-order valence-electron chi connectivity index (χ0n) is 9.20. The van der Waals surface area contributed by atoms with E-state index < -0.39 is 0 Å². The van der Waals surface area contributed by atoms with E-state index >= 15 is 0 Å². The third-order valence-electron chi connectivity index (χ3n) is 3.00. The molecule has 2 aromatic rings. The third kappa shape index (κ3) is 1.51. The molecule has 0 spiro atoms. The lowest BCUT2D eigenvalue weighted by Crippen LogP contribution is -2.05. The van der Waals surface area contributed by atoms with Crippen molar-refractivity contribution in [2.45, 2.75) is 25.3 Å². The van der Waals surface area contributed by atoms with Gasteiger partial charge in [0, 0.05) is 18.7 Å². The SMILES string of the molecule is CNCc1nc(C2CC2)n2cccc(Cl)c12. The summed E-state index contributed by atoms with van der Waals surface area (Å²) in [5.41, 5.74) is 2.11. The number of fused-ring (bicyclic) bond motifs is 1. The van der Waals surface area contributed by atoms with Crippen LogP contribution in [0.1, 0.15) is 30.3 Å². The first-order valence-corrected chi connectivity index (χ1v) is 5.99. The largest absolute Gasteiger partial charge is 0.314 e. The van der Waals surface area contributed by atoms with Crippen LogP contribution in [0.3, 0.4) is 0 Å². The lowest BCUT2D eigenvalue weighted by Gasteiger charge is -2.00. The van der Waals surface area contributed by atoms with Gasteiger partial charge in [0.1, 0.15) is 5.82 Å². The van der Waals surface area contributed by atoms with E-state index in [2.05, 4.69) is 15.9 Å². The molecular weight excluding hydrogens is 222 g/mol. The molecule has 0 saturated heterocycles. The minimum Gasteiger partial charge on any atom is -0.314 e. The van der Waals surface area contributed by atoms with Gasteiger partial charge in [0.15, 0.2) is 0 Å². The van der Waals surface area contributed by atoms with Crippen molar-refractivity contribution < 1.29 is 0 Å². The van der Waals surface area contributed by atoms with Gasteiger partial charge < -0.3 is 9.72 Å². The van der Waals surface area contributed by atoms with Gasteiger partial charge >= 0.3 is 0 Å². The first kappa shape index (κ1) is 10.1. The maximum absolute atomic E-state index is 6.25. The van der Waals surface area contributed by atoms with E-state index in [1.807, 2.05) is 19.2 Å². The lowest BCUT2D eigenvalue weighted by molar-refractivity contribution is 0.795. The third-order valence-corrected chi connectivity index (χ3v) is 3.31. The molecule has 84 valence electrons. The Morgan fingerprint density at radius 2 is 2.38 bits per heavy atom. The second kappa shape index (κ2) is 3.75. The molecule has 16 heavy (non-hydrogen) atoms. The number of imidazole rings is 1. The molecule has 3 nitrogen and oxygen atoms in total. The fourth-order valence-corrected chi connectivity index (χ4v) is 2.39. The predicted molar refractivity (Wildman–Crippen MR) is 64.9 cm³/mol. The summed E-state index contributed by atoms with van der Waals surface area (Å²) in [7, 11) is 1.93. The van der Waals surface area contributed by atoms with Crippen LogP contribution in [-0.2, 0) is 6.54 Å². The zero-order valence-corrected chi connectivity index (χ0v) is 9.96. The molecule has 0 unspecified atom stereocenters. The standard InChI is InChI=1S/C12H14ClN3/c1-14-7-10-11-9(13)3-2-6-16(11)12(15-10)8-4-5-8/h2-3,6,8,14H,4-5,7H2,1H3. The van der Waals surface area contributed by atoms with Gasteiger partial charge in [0.25, 0.3) is 0 Å². The highest BCUT2D eigenvalue weighted by Gasteiger charge is 2.29. The number of nitrogens with one attached hydrogen (secondary N) is 1. The Labute approximate surface area is 99.4 Å². The minimum atomic E-state index is 0.636. The quantitative estimate of drug-likeness (QED) is 0.886. The molecule has 1 saturated carbocycles. The lowest BCUT2D eigenvalue weighted by atomic mass is 10.3. The Morgan fingerprint density at radius 1 is 1.56 bits per heavy atom. The highest BCUT2D eigenvalue weighted by molar-refractivity contribution is 6.34. The van der Waals surface area contributed by atoms with E-state index in [9.17, 15) is 0 Å². The highest BCUT2D eigenvalue weighted by Crippen LogP contribution is 2.40. The Bertz CT molecular complexity index is 528. The van der Waals surface area contributed by atoms with Crippen LogP contribution in [0.2, 0.25) is 5.02 Å². The van der Waals surface area contributed by atoms with Crippen LogP contribution in [-0.4, -0.2) is 16.4 Å². The first-order valence-electron chi connectivity index (χ1n) is 5.61. The van der Waals surface area contributed by atoms with E-state index in [4.69, 9.17) is 16.6 Å². The Balaban J connectivity index is 2.24. The van der Waals surface area contributed by atoms with Crippen LogP contribution in [0.15, 0.2) is 18.3 Å². The molecule has 4 heteroatoms. The van der Waals surface area contributed by atoms with Gasteiger partial charge in [-0.25, -0.2) is 4.98 Å². The van der Waals surface area contributed by atoms with E-state index in [0.717, 1.165) is 22.8 Å². The number of halogens is 1. The van der Waals surface area contributed by atoms with Gasteiger partial charge in [-0.2, -0.15) is 0 Å². The summed E-state index contributed by atoms with van der Waals surface area (Å²) >= 11 is 6.25. The molecule has 0 aromatic carbocycles. The van der Waals surface area contributed by atoms with Crippen molar-refractivity contribution in [3.63, 3.8) is 0 Å². The smallest absolute Gasteiger partial charge is 0.116 e. The van der Waals surface area contributed by atoms with E-state index in [-0.39, 0.29) is 0 Å². The minimum absolute atomic E-state index is 0.636. The first-order chi connectivity index (χ1) is 7.81. The molecule has 0 bridgehead atoms. The number of pyridine rings is 1. The van der Waals surface area contributed by atoms with Crippen molar-refractivity contribution in [2.75, 3.05) is 7.05 Å². The van der Waals surface area contributed by atoms with Gasteiger partial charge in [-0.05, 0) is 32.0 Å². The van der Waals surface area contributed by atoms with Crippen molar-refractivity contribution in [1.29, 1.82) is 0 Å². The van der Waals surface area contributed by atoms with Crippen LogP contribution >= 0.6 is 11.6 Å². The van der Waals surface area contributed by atoms with Gasteiger partial charge in [-0.15, -0.1) is 0 Å². The molecule has 2 aromatic heterocycles. The van der Waals surface area contributed by atoms with Gasteiger partial charge in [-0.1, -0.05) is 11.6 Å². The van der Waals surface area contributed by atoms with Crippen LogP contribution in [0.5, 0.6) is 0 Å². The monoisotopic (exact) mass is 235 g/mol. The summed E-state index contributed by atoms with van der Waals surface area (Å²) in [6.07, 6.45) is 4.57. The average molecular weight is 236 g/mol. The fraction of sp³-hybridized carbons (Fsp3) is 0.417. The second-order valence-electron chi connectivity index (χ2n) is 4.30. The second-order valence-corrected chi connectivity index (χ2v) is 4.70. The summed E-state index contributed by atoms with van der Waals surface area (Å²) in [4.78, 5) is 4.72. The summed E-state index contributed by atoms with van der Waals surface area (Å²) in [5, 5.41) is 3.93. The van der Waals surface area contributed by atoms with Crippen molar-refractivity contribution in [3.8, 4) is 0 Å². The maximum atomic E-state index is 6.25. The van der Waals surface area contributed by atoms with Crippen LogP contribution in [0.25, 0.3) is 5.52 Å². The number of hydrogen-bond acceptors (Lipinski definition) is 2. The van der Waals surface area contributed by atoms with Gasteiger partial charge in [-0.3, -0.25) is 0 Å². The van der Waals surface area contributed by atoms with E-state index in [1.165, 1.54) is 18.7 Å². The topological polar surface area (TPSA) is 29.3 Å².